The predicted octanol–water partition coefficient (Wildman–Crippen LogP) is 0.390. The van der Waals surface area contributed by atoms with Crippen molar-refractivity contribution in [3.63, 3.8) is 0 Å². The Hall–Kier alpha value is -2.11. The third-order valence-corrected chi connectivity index (χ3v) is 1.80. The highest BCUT2D eigenvalue weighted by Gasteiger charge is 2.13. The molecule has 0 bridgehead atoms. The van der Waals surface area contributed by atoms with Crippen molar-refractivity contribution in [3.05, 3.63) is 33.9 Å². The number of rotatable bonds is 4. The fourth-order valence-electron chi connectivity index (χ4n) is 1.15. The Morgan fingerprint density at radius 2 is 2.20 bits per heavy atom. The summed E-state index contributed by atoms with van der Waals surface area (Å²) in [6.07, 6.45) is 0. The summed E-state index contributed by atoms with van der Waals surface area (Å²) in [6.45, 7) is 2.31. The van der Waals surface area contributed by atoms with Crippen LogP contribution in [-0.4, -0.2) is 17.4 Å². The Morgan fingerprint density at radius 3 is 2.67 bits per heavy atom. The minimum Gasteiger partial charge on any atom is -0.545 e. The lowest BCUT2D eigenvalue weighted by Gasteiger charge is -2.07. The van der Waals surface area contributed by atoms with Crippen molar-refractivity contribution < 1.29 is 14.8 Å². The van der Waals surface area contributed by atoms with Crippen molar-refractivity contribution in [2.75, 3.05) is 11.9 Å². The number of carboxylic acid groups (broad SMARTS) is 1. The van der Waals surface area contributed by atoms with E-state index in [9.17, 15) is 20.0 Å². The first-order valence-corrected chi connectivity index (χ1v) is 4.30. The Balaban J connectivity index is 3.20. The van der Waals surface area contributed by atoms with Crippen molar-refractivity contribution in [1.82, 2.24) is 0 Å². The van der Waals surface area contributed by atoms with E-state index in [0.717, 1.165) is 6.07 Å². The summed E-state index contributed by atoms with van der Waals surface area (Å²) < 4.78 is 0. The van der Waals surface area contributed by atoms with Gasteiger partial charge >= 0.3 is 0 Å². The molecule has 0 saturated carbocycles. The van der Waals surface area contributed by atoms with Crippen LogP contribution >= 0.6 is 0 Å². The standard InChI is InChI=1S/C9H10N2O4/c1-2-10-7-4-3-6(9(12)13)5-8(7)11(14)15/h3-5,10H,2H2,1H3,(H,12,13)/p-1. The number of nitro groups is 1. The molecule has 6 nitrogen and oxygen atoms in total. The first-order valence-electron chi connectivity index (χ1n) is 4.30. The number of carboxylic acids is 1. The molecule has 0 aromatic heterocycles. The molecule has 1 N–H and O–H groups in total. The molecule has 15 heavy (non-hydrogen) atoms. The number of anilines is 1. The molecule has 0 amide bonds. The van der Waals surface area contributed by atoms with Crippen molar-refractivity contribution in [2.24, 2.45) is 0 Å². The van der Waals surface area contributed by atoms with Crippen LogP contribution < -0.4 is 10.4 Å². The molecule has 0 aliphatic carbocycles. The zero-order valence-electron chi connectivity index (χ0n) is 8.02. The van der Waals surface area contributed by atoms with Gasteiger partial charge in [0, 0.05) is 18.2 Å². The Morgan fingerprint density at radius 1 is 1.53 bits per heavy atom. The highest BCUT2D eigenvalue weighted by Crippen LogP contribution is 2.24. The maximum atomic E-state index is 10.6. The van der Waals surface area contributed by atoms with Crippen molar-refractivity contribution in [3.8, 4) is 0 Å². The lowest BCUT2D eigenvalue weighted by atomic mass is 10.1. The minimum atomic E-state index is -1.43. The maximum absolute atomic E-state index is 10.6. The highest BCUT2D eigenvalue weighted by atomic mass is 16.6. The molecular formula is C9H9N2O4-. The second-order valence-corrected chi connectivity index (χ2v) is 2.81. The summed E-state index contributed by atoms with van der Waals surface area (Å²) in [6, 6.07) is 3.60. The van der Waals surface area contributed by atoms with E-state index in [1.165, 1.54) is 12.1 Å². The minimum absolute atomic E-state index is 0.205. The average Bonchev–Trinajstić information content (AvgIpc) is 2.18. The normalized spacial score (nSPS) is 9.67. The predicted molar refractivity (Wildman–Crippen MR) is 51.6 cm³/mol. The van der Waals surface area contributed by atoms with Gasteiger partial charge in [-0.1, -0.05) is 6.07 Å². The van der Waals surface area contributed by atoms with Crippen LogP contribution in [-0.2, 0) is 0 Å². The summed E-state index contributed by atoms with van der Waals surface area (Å²) in [5.74, 6) is -1.43. The van der Waals surface area contributed by atoms with E-state index in [-0.39, 0.29) is 11.3 Å². The molecule has 0 aliphatic rings. The molecule has 0 heterocycles. The maximum Gasteiger partial charge on any atom is 0.292 e. The number of carbonyl (C=O) groups is 1. The fourth-order valence-corrected chi connectivity index (χ4v) is 1.15. The zero-order chi connectivity index (χ0) is 11.4. The summed E-state index contributed by atoms with van der Waals surface area (Å²) in [4.78, 5) is 20.5. The van der Waals surface area contributed by atoms with Crippen LogP contribution in [0.1, 0.15) is 17.3 Å². The second kappa shape index (κ2) is 4.41. The number of nitrogens with zero attached hydrogens (tertiary/aromatic N) is 1. The van der Waals surface area contributed by atoms with Crippen molar-refractivity contribution in [1.29, 1.82) is 0 Å². The van der Waals surface area contributed by atoms with Crippen LogP contribution in [0.5, 0.6) is 0 Å². The Bertz CT molecular complexity index is 403. The van der Waals surface area contributed by atoms with Crippen LogP contribution in [0.15, 0.2) is 18.2 Å². The number of hydrogen-bond acceptors (Lipinski definition) is 5. The topological polar surface area (TPSA) is 95.3 Å². The molecule has 0 fully saturated rings. The van der Waals surface area contributed by atoms with Crippen LogP contribution in [0, 0.1) is 10.1 Å². The second-order valence-electron chi connectivity index (χ2n) is 2.81. The highest BCUT2D eigenvalue weighted by molar-refractivity contribution is 5.88. The smallest absolute Gasteiger partial charge is 0.292 e. The zero-order valence-corrected chi connectivity index (χ0v) is 8.02. The molecule has 0 atom stereocenters. The molecule has 80 valence electrons. The first kappa shape index (κ1) is 11.0. The summed E-state index contributed by atoms with van der Waals surface area (Å²) in [5.41, 5.74) is -0.172. The molecule has 0 saturated heterocycles. The van der Waals surface area contributed by atoms with Crippen LogP contribution in [0.25, 0.3) is 0 Å². The molecule has 1 aromatic carbocycles. The number of nitro benzene ring substituents is 1. The first-order chi connectivity index (χ1) is 7.06. The van der Waals surface area contributed by atoms with Gasteiger partial charge in [-0.25, -0.2) is 0 Å². The molecular weight excluding hydrogens is 200 g/mol. The quantitative estimate of drug-likeness (QED) is 0.571. The number of benzene rings is 1. The van der Waals surface area contributed by atoms with Crippen molar-refractivity contribution in [2.45, 2.75) is 6.92 Å². The summed E-state index contributed by atoms with van der Waals surface area (Å²) in [7, 11) is 0. The molecule has 1 aromatic rings. The lowest BCUT2D eigenvalue weighted by molar-refractivity contribution is -0.384. The number of hydrogen-bond donors (Lipinski definition) is 1. The molecule has 1 rings (SSSR count). The lowest BCUT2D eigenvalue weighted by Crippen LogP contribution is -2.22. The van der Waals surface area contributed by atoms with E-state index >= 15 is 0 Å². The van der Waals surface area contributed by atoms with Gasteiger partial charge in [-0.3, -0.25) is 10.1 Å². The van der Waals surface area contributed by atoms with E-state index < -0.39 is 10.9 Å². The molecule has 6 heteroatoms. The van der Waals surface area contributed by atoms with Crippen LogP contribution in [0.2, 0.25) is 0 Å². The van der Waals surface area contributed by atoms with Gasteiger partial charge in [-0.05, 0) is 13.0 Å². The third-order valence-electron chi connectivity index (χ3n) is 1.80. The summed E-state index contributed by atoms with van der Waals surface area (Å²) >= 11 is 0. The van der Waals surface area contributed by atoms with Gasteiger partial charge in [0.2, 0.25) is 0 Å². The SMILES string of the molecule is CCNc1ccc(C(=O)[O-])cc1[N+](=O)[O-]. The molecule has 0 spiro atoms. The van der Waals surface area contributed by atoms with Gasteiger partial charge in [0.25, 0.3) is 5.69 Å². The van der Waals surface area contributed by atoms with E-state index in [2.05, 4.69) is 5.32 Å². The third kappa shape index (κ3) is 2.43. The number of carbonyl (C=O) groups excluding carboxylic acids is 1. The van der Waals surface area contributed by atoms with Crippen LogP contribution in [0.3, 0.4) is 0 Å². The average molecular weight is 209 g/mol. The fraction of sp³-hybridized carbons (Fsp3) is 0.222. The van der Waals surface area contributed by atoms with Gasteiger partial charge < -0.3 is 15.2 Å². The van der Waals surface area contributed by atoms with Gasteiger partial charge in [-0.2, -0.15) is 0 Å². The van der Waals surface area contributed by atoms with Gasteiger partial charge in [0.1, 0.15) is 5.69 Å². The van der Waals surface area contributed by atoms with E-state index in [4.69, 9.17) is 0 Å². The van der Waals surface area contributed by atoms with Gasteiger partial charge in [0.15, 0.2) is 0 Å². The summed E-state index contributed by atoms with van der Waals surface area (Å²) in [5, 5.41) is 23.9. The molecule has 0 aliphatic heterocycles. The van der Waals surface area contributed by atoms with Crippen molar-refractivity contribution >= 4 is 17.3 Å². The monoisotopic (exact) mass is 209 g/mol. The van der Waals surface area contributed by atoms with Crippen LogP contribution in [0.4, 0.5) is 11.4 Å². The Kier molecular flexibility index (Phi) is 3.22. The van der Waals surface area contributed by atoms with E-state index in [1.807, 2.05) is 0 Å². The van der Waals surface area contributed by atoms with Gasteiger partial charge in [-0.15, -0.1) is 0 Å². The van der Waals surface area contributed by atoms with E-state index in [1.54, 1.807) is 6.92 Å². The number of nitrogens with one attached hydrogen (secondary N) is 1. The molecule has 0 unspecified atom stereocenters. The molecule has 0 radical (unpaired) electrons. The van der Waals surface area contributed by atoms with Gasteiger partial charge in [0.05, 0.1) is 10.9 Å². The largest absolute Gasteiger partial charge is 0.545 e. The Labute approximate surface area is 85.7 Å². The van der Waals surface area contributed by atoms with E-state index in [0.29, 0.717) is 12.2 Å². The number of aromatic carboxylic acids is 1.